The summed E-state index contributed by atoms with van der Waals surface area (Å²) in [5, 5.41) is 0.443. The third-order valence-electron chi connectivity index (χ3n) is 12.0. The van der Waals surface area contributed by atoms with Crippen LogP contribution in [0.5, 0.6) is 0 Å². The molecule has 0 amide bonds. The van der Waals surface area contributed by atoms with Crippen molar-refractivity contribution in [3.05, 3.63) is 242 Å². The molecule has 0 aliphatic heterocycles. The topological polar surface area (TPSA) is 17.1 Å². The lowest BCUT2D eigenvalue weighted by Crippen LogP contribution is -2.81. The highest BCUT2D eigenvalue weighted by atomic mass is 31.2. The molecule has 0 spiro atoms. The zero-order chi connectivity index (χ0) is 56.2. The molecule has 0 saturated heterocycles. The number of Topliss-reactive ketones (excluding diaryl/α,β-unsaturated/α-hetero) is 1. The summed E-state index contributed by atoms with van der Waals surface area (Å²) in [6.07, 6.45) is -7.45. The van der Waals surface area contributed by atoms with Gasteiger partial charge in [0.05, 0.1) is 0 Å². The average Bonchev–Trinajstić information content (AvgIpc) is 3.41. The van der Waals surface area contributed by atoms with E-state index in [4.69, 9.17) is 0 Å². The number of hydrogen-bond acceptors (Lipinski definition) is 1. The Bertz CT molecular complexity index is 3160. The van der Waals surface area contributed by atoms with Crippen LogP contribution in [0.15, 0.2) is 103 Å². The van der Waals surface area contributed by atoms with Crippen LogP contribution in [-0.2, 0) is 0 Å². The molecule has 0 radical (unpaired) electrons. The SMILES string of the molecule is Fc1c(F)c(F)c([B-](c2c(F)c(F)c(F)c(F)c2F)(c2c(F)c(F)c(F)c(F)c2F)c2c(F)c(F)c(F)c(F)c2F)c(F)c1F.O=C(C[P+](c1ccccc1F)(c1ccccc1F)c1ccccc1F)c1ccccc1. The first-order valence-corrected chi connectivity index (χ1v) is 22.7. The van der Waals surface area contributed by atoms with E-state index in [-0.39, 0.29) is 27.9 Å². The summed E-state index contributed by atoms with van der Waals surface area (Å²) in [7, 11) is -3.36. The van der Waals surface area contributed by atoms with Crippen molar-refractivity contribution in [2.24, 2.45) is 0 Å². The summed E-state index contributed by atoms with van der Waals surface area (Å²) in [6.45, 7) is 0. The average molecular weight is 1110 g/mol. The van der Waals surface area contributed by atoms with Crippen molar-refractivity contribution in [1.82, 2.24) is 0 Å². The van der Waals surface area contributed by atoms with Gasteiger partial charge in [0.25, 0.3) is 0 Å². The van der Waals surface area contributed by atoms with Crippen molar-refractivity contribution >= 4 is 57.0 Å². The third kappa shape index (κ3) is 8.70. The smallest absolute Gasteiger partial charge is 0.201 e. The molecule has 8 rings (SSSR count). The highest BCUT2D eigenvalue weighted by Gasteiger charge is 2.54. The molecule has 0 bridgehead atoms. The molecular formula is C50H19BF23OP. The summed E-state index contributed by atoms with van der Waals surface area (Å²) in [5.41, 5.74) is -13.9. The van der Waals surface area contributed by atoms with Gasteiger partial charge in [-0.05, 0) is 36.4 Å². The molecule has 76 heavy (non-hydrogen) atoms. The largest absolute Gasteiger partial charge is 0.290 e. The summed E-state index contributed by atoms with van der Waals surface area (Å²) in [6, 6.07) is 26.4. The van der Waals surface area contributed by atoms with Crippen LogP contribution in [0.4, 0.5) is 101 Å². The van der Waals surface area contributed by atoms with E-state index in [1.807, 2.05) is 0 Å². The second kappa shape index (κ2) is 21.1. The molecule has 0 heterocycles. The van der Waals surface area contributed by atoms with E-state index in [1.54, 1.807) is 48.5 Å². The molecule has 0 aromatic heterocycles. The van der Waals surface area contributed by atoms with Gasteiger partial charge in [-0.1, -0.05) is 66.7 Å². The molecule has 0 aliphatic rings. The highest BCUT2D eigenvalue weighted by molar-refractivity contribution is 7.96. The van der Waals surface area contributed by atoms with Crippen molar-refractivity contribution < 1.29 is 106 Å². The van der Waals surface area contributed by atoms with Gasteiger partial charge in [-0.15, -0.1) is 21.9 Å². The lowest BCUT2D eigenvalue weighted by molar-refractivity contribution is 0.102. The Morgan fingerprint density at radius 1 is 0.276 bits per heavy atom. The van der Waals surface area contributed by atoms with Gasteiger partial charge in [0.15, 0.2) is 87.3 Å². The zero-order valence-electron chi connectivity index (χ0n) is 36.6. The molecule has 0 aliphatic carbocycles. The van der Waals surface area contributed by atoms with E-state index in [9.17, 15) is 57.5 Å². The summed E-state index contributed by atoms with van der Waals surface area (Å²) in [4.78, 5) is 13.4. The fraction of sp³-hybridized carbons (Fsp3) is 0.0200. The molecule has 0 saturated carbocycles. The lowest BCUT2D eigenvalue weighted by Gasteiger charge is -2.44. The van der Waals surface area contributed by atoms with Gasteiger partial charge in [0.2, 0.25) is 5.78 Å². The van der Waals surface area contributed by atoms with Gasteiger partial charge in [0, 0.05) is 5.56 Å². The number of carbonyl (C=O) groups excluding carboxylic acids is 1. The normalized spacial score (nSPS) is 11.7. The Kier molecular flexibility index (Phi) is 15.6. The maximum absolute atomic E-state index is 15.4. The number of hydrogen-bond donors (Lipinski definition) is 0. The van der Waals surface area contributed by atoms with Crippen molar-refractivity contribution in [2.45, 2.75) is 0 Å². The molecule has 0 atom stereocenters. The summed E-state index contributed by atoms with van der Waals surface area (Å²) < 4.78 is 340. The minimum absolute atomic E-state index is 0.148. The van der Waals surface area contributed by atoms with Crippen LogP contribution in [0.25, 0.3) is 0 Å². The molecule has 394 valence electrons. The van der Waals surface area contributed by atoms with Crippen LogP contribution in [0.1, 0.15) is 10.4 Å². The fourth-order valence-corrected chi connectivity index (χ4v) is 13.0. The third-order valence-corrected chi connectivity index (χ3v) is 16.3. The Labute approximate surface area is 410 Å². The first-order valence-electron chi connectivity index (χ1n) is 20.7. The van der Waals surface area contributed by atoms with Gasteiger partial charge >= 0.3 is 0 Å². The zero-order valence-corrected chi connectivity index (χ0v) is 37.5. The van der Waals surface area contributed by atoms with Crippen LogP contribution in [0.2, 0.25) is 0 Å². The van der Waals surface area contributed by atoms with Gasteiger partial charge in [-0.3, -0.25) is 4.79 Å². The highest BCUT2D eigenvalue weighted by Crippen LogP contribution is 2.57. The van der Waals surface area contributed by atoms with Gasteiger partial charge in [-0.2, -0.15) is 0 Å². The Morgan fingerprint density at radius 3 is 0.697 bits per heavy atom. The van der Waals surface area contributed by atoms with Crippen LogP contribution in [-0.4, -0.2) is 18.1 Å². The number of ketones is 1. The van der Waals surface area contributed by atoms with E-state index >= 15 is 48.3 Å². The van der Waals surface area contributed by atoms with Crippen LogP contribution >= 0.6 is 7.26 Å². The predicted molar refractivity (Wildman–Crippen MR) is 230 cm³/mol. The summed E-state index contributed by atoms with van der Waals surface area (Å²) in [5.74, 6) is -73.5. The monoisotopic (exact) mass is 1110 g/mol. The standard InChI is InChI=1S/C26H19F3OP.C24BF20/c27-20-12-4-7-15-24(20)31(25-16-8-5-13-21(25)28,26-17-9-6-14-22(26)29)18-23(30)19-10-2-1-3-11-19;26-5-1(6(27)14(35)21(42)13(5)34)25(2-7(28)15(36)22(43)16(37)8(2)29,3-9(30)17(38)23(44)18(39)10(3)31)4-11(32)19(40)24(45)20(41)12(4)33/h1-17H,18H2;/q+1;-1. The molecule has 1 nitrogen and oxygen atoms in total. The van der Waals surface area contributed by atoms with E-state index in [1.165, 1.54) is 54.6 Å². The number of rotatable bonds is 10. The summed E-state index contributed by atoms with van der Waals surface area (Å²) >= 11 is 0. The number of benzene rings is 8. The molecule has 0 N–H and O–H groups in total. The minimum atomic E-state index is -7.22. The first-order chi connectivity index (χ1) is 35.7. The fourth-order valence-electron chi connectivity index (χ4n) is 8.73. The predicted octanol–water partition coefficient (Wildman–Crippen LogP) is 11.1. The lowest BCUT2D eigenvalue weighted by atomic mass is 9.12. The maximum Gasteiger partial charge on any atom is 0.201 e. The van der Waals surface area contributed by atoms with E-state index < -0.39 is 169 Å². The first kappa shape index (κ1) is 56.1. The van der Waals surface area contributed by atoms with Gasteiger partial charge < -0.3 is 0 Å². The minimum Gasteiger partial charge on any atom is -0.290 e. The van der Waals surface area contributed by atoms with Gasteiger partial charge in [0.1, 0.15) is 82.0 Å². The number of carbonyl (C=O) groups is 1. The van der Waals surface area contributed by atoms with Crippen molar-refractivity contribution in [2.75, 3.05) is 6.16 Å². The van der Waals surface area contributed by atoms with Crippen molar-refractivity contribution in [1.29, 1.82) is 0 Å². The van der Waals surface area contributed by atoms with E-state index in [0.717, 1.165) is 0 Å². The van der Waals surface area contributed by atoms with Crippen LogP contribution < -0.4 is 37.8 Å². The van der Waals surface area contributed by atoms with E-state index in [0.29, 0.717) is 5.56 Å². The van der Waals surface area contributed by atoms with Crippen LogP contribution in [0, 0.1) is 134 Å². The van der Waals surface area contributed by atoms with Crippen molar-refractivity contribution in [3.8, 4) is 0 Å². The molecule has 26 heteroatoms. The Morgan fingerprint density at radius 2 is 0.474 bits per heavy atom. The molecular weight excluding hydrogens is 1100 g/mol. The quantitative estimate of drug-likeness (QED) is 0.0333. The Hall–Kier alpha value is -7.69. The molecule has 8 aromatic rings. The van der Waals surface area contributed by atoms with Gasteiger partial charge in [-0.25, -0.2) is 101 Å². The Balaban J connectivity index is 0.000000236. The van der Waals surface area contributed by atoms with Crippen LogP contribution in [0.3, 0.4) is 0 Å². The molecule has 0 unspecified atom stereocenters. The second-order valence-corrected chi connectivity index (χ2v) is 19.3. The molecule has 0 fully saturated rings. The second-order valence-electron chi connectivity index (χ2n) is 15.9. The number of halogens is 23. The van der Waals surface area contributed by atoms with Crippen molar-refractivity contribution in [3.63, 3.8) is 0 Å². The maximum atomic E-state index is 15.4. The van der Waals surface area contributed by atoms with E-state index in [2.05, 4.69) is 0 Å². The molecule has 8 aromatic carbocycles.